The Labute approximate surface area is 152 Å². The minimum absolute atomic E-state index is 0.0807. The predicted molar refractivity (Wildman–Crippen MR) is 97.7 cm³/mol. The number of nitrogens with zero attached hydrogens (tertiary/aromatic N) is 6. The molecule has 0 aromatic carbocycles. The second kappa shape index (κ2) is 7.15. The summed E-state index contributed by atoms with van der Waals surface area (Å²) in [5, 5.41) is 0. The highest BCUT2D eigenvalue weighted by atomic mass is 16.1. The molecule has 1 aliphatic heterocycles. The quantitative estimate of drug-likeness (QED) is 0.767. The van der Waals surface area contributed by atoms with Crippen molar-refractivity contribution >= 4 is 23.5 Å². The summed E-state index contributed by atoms with van der Waals surface area (Å²) in [6.07, 6.45) is 3.23. The lowest BCUT2D eigenvalue weighted by Crippen LogP contribution is -2.58. The van der Waals surface area contributed by atoms with Gasteiger partial charge in [0.25, 0.3) is 0 Å². The Morgan fingerprint density at radius 3 is 1.85 bits per heavy atom. The van der Waals surface area contributed by atoms with E-state index in [2.05, 4.69) is 43.6 Å². The molecule has 2 aromatic rings. The first kappa shape index (κ1) is 17.9. The Morgan fingerprint density at radius 1 is 0.885 bits per heavy atom. The molecule has 2 atom stereocenters. The van der Waals surface area contributed by atoms with Gasteiger partial charge in [0.1, 0.15) is 11.4 Å². The average molecular weight is 354 g/mol. The van der Waals surface area contributed by atoms with Gasteiger partial charge in [-0.3, -0.25) is 9.59 Å². The van der Waals surface area contributed by atoms with Gasteiger partial charge in [-0.1, -0.05) is 0 Å². The third-order valence-corrected chi connectivity index (χ3v) is 4.44. The smallest absolute Gasteiger partial charge is 0.226 e. The molecule has 8 heteroatoms. The van der Waals surface area contributed by atoms with E-state index in [1.807, 2.05) is 0 Å². The van der Waals surface area contributed by atoms with E-state index in [-0.39, 0.29) is 23.7 Å². The molecule has 0 amide bonds. The molecule has 0 saturated carbocycles. The maximum Gasteiger partial charge on any atom is 0.226 e. The lowest BCUT2D eigenvalue weighted by Gasteiger charge is -2.44. The van der Waals surface area contributed by atoms with Crippen molar-refractivity contribution in [1.82, 2.24) is 19.9 Å². The highest BCUT2D eigenvalue weighted by molar-refractivity contribution is 5.92. The van der Waals surface area contributed by atoms with E-state index in [0.29, 0.717) is 36.4 Å². The van der Waals surface area contributed by atoms with Gasteiger partial charge in [-0.05, 0) is 26.0 Å². The number of carbonyl (C=O) groups excluding carboxylic acids is 2. The summed E-state index contributed by atoms with van der Waals surface area (Å²) < 4.78 is 0. The third-order valence-electron chi connectivity index (χ3n) is 4.44. The van der Waals surface area contributed by atoms with Crippen LogP contribution in [-0.4, -0.2) is 56.7 Å². The summed E-state index contributed by atoms with van der Waals surface area (Å²) in [6.45, 7) is 8.46. The van der Waals surface area contributed by atoms with Crippen LogP contribution < -0.4 is 9.80 Å². The van der Waals surface area contributed by atoms with Crippen LogP contribution in [0.1, 0.15) is 48.7 Å². The van der Waals surface area contributed by atoms with Crippen LogP contribution in [0.5, 0.6) is 0 Å². The van der Waals surface area contributed by atoms with Crippen LogP contribution in [0.2, 0.25) is 0 Å². The van der Waals surface area contributed by atoms with Gasteiger partial charge < -0.3 is 9.80 Å². The molecule has 1 aliphatic rings. The van der Waals surface area contributed by atoms with Crippen molar-refractivity contribution in [2.24, 2.45) is 0 Å². The Balaban J connectivity index is 1.84. The molecule has 26 heavy (non-hydrogen) atoms. The predicted octanol–water partition coefficient (Wildman–Crippen LogP) is 1.78. The summed E-state index contributed by atoms with van der Waals surface area (Å²) in [4.78, 5) is 44.8. The molecule has 0 unspecified atom stereocenters. The first-order chi connectivity index (χ1) is 12.4. The highest BCUT2D eigenvalue weighted by Crippen LogP contribution is 2.23. The highest BCUT2D eigenvalue weighted by Gasteiger charge is 2.32. The number of aromatic nitrogens is 4. The number of carbonyl (C=O) groups is 2. The fourth-order valence-corrected chi connectivity index (χ4v) is 3.25. The van der Waals surface area contributed by atoms with E-state index in [4.69, 9.17) is 0 Å². The van der Waals surface area contributed by atoms with Crippen LogP contribution >= 0.6 is 0 Å². The molecule has 0 bridgehead atoms. The van der Waals surface area contributed by atoms with E-state index in [1.54, 1.807) is 24.5 Å². The van der Waals surface area contributed by atoms with Crippen molar-refractivity contribution in [2.45, 2.75) is 39.8 Å². The van der Waals surface area contributed by atoms with Crippen LogP contribution in [0.15, 0.2) is 24.5 Å². The van der Waals surface area contributed by atoms with Gasteiger partial charge >= 0.3 is 0 Å². The molecule has 3 rings (SSSR count). The Bertz CT molecular complexity index is 828. The van der Waals surface area contributed by atoms with Crippen LogP contribution in [0.25, 0.3) is 0 Å². The van der Waals surface area contributed by atoms with E-state index >= 15 is 0 Å². The molecule has 8 nitrogen and oxygen atoms in total. The summed E-state index contributed by atoms with van der Waals surface area (Å²) >= 11 is 0. The maximum atomic E-state index is 11.6. The molecule has 1 fully saturated rings. The number of anilines is 2. The SMILES string of the molecule is CC(=O)c1ccnc(N2C[C@@H](C)N(c3nccc(C(C)=O)n3)[C@@H](C)C2)n1. The number of Topliss-reactive ketones (excluding diaryl/α,β-unsaturated/α-hetero) is 2. The summed E-state index contributed by atoms with van der Waals surface area (Å²) in [7, 11) is 0. The zero-order valence-electron chi connectivity index (χ0n) is 15.4. The minimum atomic E-state index is -0.0814. The first-order valence-electron chi connectivity index (χ1n) is 8.58. The van der Waals surface area contributed by atoms with Crippen molar-refractivity contribution in [3.8, 4) is 0 Å². The van der Waals surface area contributed by atoms with Crippen LogP contribution in [-0.2, 0) is 0 Å². The molecule has 0 aliphatic carbocycles. The molecule has 0 N–H and O–H groups in total. The summed E-state index contributed by atoms with van der Waals surface area (Å²) in [5.74, 6) is 0.940. The largest absolute Gasteiger partial charge is 0.337 e. The van der Waals surface area contributed by atoms with Gasteiger partial charge in [0.2, 0.25) is 11.9 Å². The lowest BCUT2D eigenvalue weighted by molar-refractivity contribution is 0.1000. The van der Waals surface area contributed by atoms with Crippen molar-refractivity contribution < 1.29 is 9.59 Å². The molecule has 1 saturated heterocycles. The van der Waals surface area contributed by atoms with Crippen LogP contribution in [0.4, 0.5) is 11.9 Å². The van der Waals surface area contributed by atoms with E-state index < -0.39 is 0 Å². The lowest BCUT2D eigenvalue weighted by atomic mass is 10.1. The van der Waals surface area contributed by atoms with Gasteiger partial charge in [-0.2, -0.15) is 0 Å². The molecular weight excluding hydrogens is 332 g/mol. The Morgan fingerprint density at radius 2 is 1.35 bits per heavy atom. The molecule has 3 heterocycles. The number of ketones is 2. The maximum absolute atomic E-state index is 11.6. The molecule has 136 valence electrons. The average Bonchev–Trinajstić information content (AvgIpc) is 2.61. The second-order valence-electron chi connectivity index (χ2n) is 6.61. The monoisotopic (exact) mass is 354 g/mol. The Kier molecular flexibility index (Phi) is 4.92. The topological polar surface area (TPSA) is 92.2 Å². The number of rotatable bonds is 4. The van der Waals surface area contributed by atoms with Crippen LogP contribution in [0.3, 0.4) is 0 Å². The van der Waals surface area contributed by atoms with Gasteiger partial charge in [0, 0.05) is 51.4 Å². The zero-order valence-corrected chi connectivity index (χ0v) is 15.4. The molecular formula is C18H22N6O2. The minimum Gasteiger partial charge on any atom is -0.337 e. The Hall–Kier alpha value is -2.90. The van der Waals surface area contributed by atoms with Crippen molar-refractivity contribution in [3.63, 3.8) is 0 Å². The van der Waals surface area contributed by atoms with Gasteiger partial charge in [-0.15, -0.1) is 0 Å². The third kappa shape index (κ3) is 3.54. The van der Waals surface area contributed by atoms with E-state index in [1.165, 1.54) is 13.8 Å². The van der Waals surface area contributed by atoms with Gasteiger partial charge in [0.05, 0.1) is 0 Å². The van der Waals surface area contributed by atoms with Crippen molar-refractivity contribution in [1.29, 1.82) is 0 Å². The number of piperazine rings is 1. The molecule has 0 spiro atoms. The van der Waals surface area contributed by atoms with Crippen LogP contribution in [0, 0.1) is 0 Å². The van der Waals surface area contributed by atoms with Crippen molar-refractivity contribution in [2.75, 3.05) is 22.9 Å². The van der Waals surface area contributed by atoms with E-state index in [0.717, 1.165) is 0 Å². The van der Waals surface area contributed by atoms with Gasteiger partial charge in [-0.25, -0.2) is 19.9 Å². The number of hydrogen-bond acceptors (Lipinski definition) is 8. The number of hydrogen-bond donors (Lipinski definition) is 0. The fourth-order valence-electron chi connectivity index (χ4n) is 3.25. The fraction of sp³-hybridized carbons (Fsp3) is 0.444. The van der Waals surface area contributed by atoms with E-state index in [9.17, 15) is 9.59 Å². The summed E-state index contributed by atoms with van der Waals surface area (Å²) in [6, 6.07) is 3.42. The summed E-state index contributed by atoms with van der Waals surface area (Å²) in [5.41, 5.74) is 0.824. The molecule has 2 aromatic heterocycles. The standard InChI is InChI=1S/C18H22N6O2/c1-11-9-23(17-19-7-5-15(21-17)13(3)25)10-12(2)24(11)18-20-8-6-16(22-18)14(4)26/h5-8,11-12H,9-10H2,1-4H3/t11-,12+. The normalized spacial score (nSPS) is 20.2. The zero-order chi connectivity index (χ0) is 18.8. The van der Waals surface area contributed by atoms with Crippen molar-refractivity contribution in [3.05, 3.63) is 35.9 Å². The first-order valence-corrected chi connectivity index (χ1v) is 8.58. The second-order valence-corrected chi connectivity index (χ2v) is 6.61. The van der Waals surface area contributed by atoms with Gasteiger partial charge in [0.15, 0.2) is 11.6 Å². The molecule has 0 radical (unpaired) electrons.